The maximum Gasteiger partial charge on any atom is 0.206 e. The minimum absolute atomic E-state index is 0.358. The van der Waals surface area contributed by atoms with Gasteiger partial charge in [-0.25, -0.2) is 0 Å². The Morgan fingerprint density at radius 2 is 2.57 bits per heavy atom. The van der Waals surface area contributed by atoms with Crippen LogP contribution in [0.5, 0.6) is 0 Å². The van der Waals surface area contributed by atoms with E-state index in [-0.39, 0.29) is 0 Å². The van der Waals surface area contributed by atoms with Gasteiger partial charge in [-0.15, -0.1) is 10.2 Å². The van der Waals surface area contributed by atoms with Crippen LogP contribution in [0.25, 0.3) is 0 Å². The van der Waals surface area contributed by atoms with Gasteiger partial charge in [-0.2, -0.15) is 0 Å². The Kier molecular flexibility index (Phi) is 3.61. The maximum atomic E-state index is 5.50. The zero-order valence-corrected chi connectivity index (χ0v) is 9.66. The van der Waals surface area contributed by atoms with Crippen molar-refractivity contribution in [2.24, 2.45) is 0 Å². The van der Waals surface area contributed by atoms with Gasteiger partial charge in [0.1, 0.15) is 0 Å². The number of hydrogen-bond acceptors (Lipinski definition) is 6. The lowest BCUT2D eigenvalue weighted by Crippen LogP contribution is -2.18. The molecule has 78 valence electrons. The summed E-state index contributed by atoms with van der Waals surface area (Å²) in [4.78, 5) is 0. The van der Waals surface area contributed by atoms with Gasteiger partial charge in [0.05, 0.1) is 6.10 Å². The van der Waals surface area contributed by atoms with E-state index in [1.165, 1.54) is 6.42 Å². The zero-order valence-electron chi connectivity index (χ0n) is 8.02. The number of nitrogens with one attached hydrogen (secondary N) is 1. The molecule has 0 saturated carbocycles. The molecule has 1 N–H and O–H groups in total. The third-order valence-corrected chi connectivity index (χ3v) is 3.94. The molecule has 1 aliphatic rings. The van der Waals surface area contributed by atoms with Crippen LogP contribution in [0.4, 0.5) is 5.13 Å². The van der Waals surface area contributed by atoms with Gasteiger partial charge in [0, 0.05) is 13.2 Å². The van der Waals surface area contributed by atoms with Crippen molar-refractivity contribution in [1.29, 1.82) is 0 Å². The SMILES string of the molecule is CSc1nnc(NC[C@@H]2CCCO2)s1. The molecule has 0 radical (unpaired) electrons. The summed E-state index contributed by atoms with van der Waals surface area (Å²) in [7, 11) is 0. The number of rotatable bonds is 4. The Labute approximate surface area is 91.4 Å². The summed E-state index contributed by atoms with van der Waals surface area (Å²) < 4.78 is 6.50. The van der Waals surface area contributed by atoms with Crippen LogP contribution in [0, 0.1) is 0 Å². The van der Waals surface area contributed by atoms with Crippen LogP contribution in [0.2, 0.25) is 0 Å². The standard InChI is InChI=1S/C8H13N3OS2/c1-13-8-11-10-7(14-8)9-5-6-3-2-4-12-6/h6H,2-5H2,1H3,(H,9,10)/t6-/m0/s1. The van der Waals surface area contributed by atoms with E-state index in [4.69, 9.17) is 4.74 Å². The van der Waals surface area contributed by atoms with Crippen molar-refractivity contribution in [2.45, 2.75) is 23.3 Å². The predicted molar refractivity (Wildman–Crippen MR) is 59.2 cm³/mol. The minimum Gasteiger partial charge on any atom is -0.376 e. The van der Waals surface area contributed by atoms with E-state index in [1.807, 2.05) is 6.26 Å². The average Bonchev–Trinajstić information content (AvgIpc) is 2.86. The van der Waals surface area contributed by atoms with Gasteiger partial charge in [0.2, 0.25) is 5.13 Å². The fourth-order valence-electron chi connectivity index (χ4n) is 1.37. The molecule has 2 heterocycles. The van der Waals surface area contributed by atoms with E-state index < -0.39 is 0 Å². The molecule has 1 atom stereocenters. The van der Waals surface area contributed by atoms with E-state index in [0.29, 0.717) is 6.10 Å². The summed E-state index contributed by atoms with van der Waals surface area (Å²) >= 11 is 3.21. The lowest BCUT2D eigenvalue weighted by Gasteiger charge is -2.08. The topological polar surface area (TPSA) is 47.0 Å². The second-order valence-electron chi connectivity index (χ2n) is 3.09. The molecule has 0 amide bonds. The molecule has 0 aromatic carbocycles. The lowest BCUT2D eigenvalue weighted by atomic mass is 10.2. The minimum atomic E-state index is 0.358. The summed E-state index contributed by atoms with van der Waals surface area (Å²) in [6.07, 6.45) is 4.70. The number of aromatic nitrogens is 2. The summed E-state index contributed by atoms with van der Waals surface area (Å²) in [6, 6.07) is 0. The number of hydrogen-bond donors (Lipinski definition) is 1. The fourth-order valence-corrected chi connectivity index (χ4v) is 2.55. The van der Waals surface area contributed by atoms with Gasteiger partial charge < -0.3 is 10.1 Å². The van der Waals surface area contributed by atoms with Gasteiger partial charge >= 0.3 is 0 Å². The smallest absolute Gasteiger partial charge is 0.206 e. The van der Waals surface area contributed by atoms with E-state index in [9.17, 15) is 0 Å². The van der Waals surface area contributed by atoms with Crippen LogP contribution >= 0.6 is 23.1 Å². The van der Waals surface area contributed by atoms with Crippen LogP contribution in [0.15, 0.2) is 4.34 Å². The van der Waals surface area contributed by atoms with Crippen LogP contribution in [0.3, 0.4) is 0 Å². The first-order chi connectivity index (χ1) is 6.88. The molecule has 0 unspecified atom stereocenters. The van der Waals surface area contributed by atoms with Crippen molar-refractivity contribution in [3.63, 3.8) is 0 Å². The molecule has 6 heteroatoms. The molecule has 1 saturated heterocycles. The van der Waals surface area contributed by atoms with Gasteiger partial charge in [0.25, 0.3) is 0 Å². The first-order valence-electron chi connectivity index (χ1n) is 4.61. The van der Waals surface area contributed by atoms with Crippen LogP contribution in [0.1, 0.15) is 12.8 Å². The quantitative estimate of drug-likeness (QED) is 0.801. The van der Waals surface area contributed by atoms with Crippen molar-refractivity contribution < 1.29 is 4.74 Å². The highest BCUT2D eigenvalue weighted by molar-refractivity contribution is 8.00. The Bertz CT molecular complexity index is 286. The summed E-state index contributed by atoms with van der Waals surface area (Å²) in [5.41, 5.74) is 0. The lowest BCUT2D eigenvalue weighted by molar-refractivity contribution is 0.120. The molecule has 2 rings (SSSR count). The monoisotopic (exact) mass is 231 g/mol. The third-order valence-electron chi connectivity index (χ3n) is 2.09. The summed E-state index contributed by atoms with van der Waals surface area (Å²) in [5.74, 6) is 0. The zero-order chi connectivity index (χ0) is 9.80. The molecule has 1 fully saturated rings. The molecular formula is C8H13N3OS2. The Morgan fingerprint density at radius 3 is 3.21 bits per heavy atom. The normalized spacial score (nSPS) is 21.4. The highest BCUT2D eigenvalue weighted by Gasteiger charge is 2.15. The van der Waals surface area contributed by atoms with E-state index in [1.54, 1.807) is 23.1 Å². The molecule has 0 spiro atoms. The molecular weight excluding hydrogens is 218 g/mol. The summed E-state index contributed by atoms with van der Waals surface area (Å²) in [6.45, 7) is 1.75. The second-order valence-corrected chi connectivity index (χ2v) is 5.12. The molecule has 1 aliphatic heterocycles. The fraction of sp³-hybridized carbons (Fsp3) is 0.750. The third kappa shape index (κ3) is 2.59. The number of thioether (sulfide) groups is 1. The van der Waals surface area contributed by atoms with E-state index in [2.05, 4.69) is 15.5 Å². The van der Waals surface area contributed by atoms with Crippen molar-refractivity contribution in [3.8, 4) is 0 Å². The Balaban J connectivity index is 1.79. The molecule has 4 nitrogen and oxygen atoms in total. The first-order valence-corrected chi connectivity index (χ1v) is 6.65. The van der Waals surface area contributed by atoms with Crippen molar-refractivity contribution in [1.82, 2.24) is 10.2 Å². The average molecular weight is 231 g/mol. The van der Waals surface area contributed by atoms with E-state index >= 15 is 0 Å². The Morgan fingerprint density at radius 1 is 1.64 bits per heavy atom. The Hall–Kier alpha value is -0.330. The van der Waals surface area contributed by atoms with Crippen LogP contribution < -0.4 is 5.32 Å². The molecule has 1 aromatic heterocycles. The molecule has 14 heavy (non-hydrogen) atoms. The first kappa shape index (κ1) is 10.2. The second kappa shape index (κ2) is 4.95. The number of anilines is 1. The van der Waals surface area contributed by atoms with Crippen molar-refractivity contribution in [2.75, 3.05) is 24.7 Å². The van der Waals surface area contributed by atoms with Gasteiger partial charge in [-0.05, 0) is 19.1 Å². The highest BCUT2D eigenvalue weighted by atomic mass is 32.2. The summed E-state index contributed by atoms with van der Waals surface area (Å²) in [5, 5.41) is 12.2. The van der Waals surface area contributed by atoms with Crippen molar-refractivity contribution in [3.05, 3.63) is 0 Å². The number of ether oxygens (including phenoxy) is 1. The molecule has 0 aliphatic carbocycles. The molecule has 0 bridgehead atoms. The van der Waals surface area contributed by atoms with Crippen molar-refractivity contribution >= 4 is 28.2 Å². The maximum absolute atomic E-state index is 5.50. The predicted octanol–water partition coefficient (Wildman–Crippen LogP) is 1.85. The largest absolute Gasteiger partial charge is 0.376 e. The van der Waals surface area contributed by atoms with Gasteiger partial charge in [-0.1, -0.05) is 23.1 Å². The van der Waals surface area contributed by atoms with Gasteiger partial charge in [-0.3, -0.25) is 0 Å². The number of nitrogens with zero attached hydrogens (tertiary/aromatic N) is 2. The van der Waals surface area contributed by atoms with Gasteiger partial charge in [0.15, 0.2) is 4.34 Å². The van der Waals surface area contributed by atoms with Crippen LogP contribution in [-0.4, -0.2) is 35.7 Å². The molecule has 1 aromatic rings. The highest BCUT2D eigenvalue weighted by Crippen LogP contribution is 2.23. The van der Waals surface area contributed by atoms with Crippen LogP contribution in [-0.2, 0) is 4.74 Å². The van der Waals surface area contributed by atoms with E-state index in [0.717, 1.165) is 29.0 Å².